The molecule has 1 atom stereocenters. The molecule has 8 heteroatoms. The standard InChI is InChI=1S/C11H16F2N2O4/c1-7(5-11(16)17)4-10-15-14-9(19-10)2-3-18-6-8(12)13/h7-8H,2-6H2,1H3,(H,16,17). The molecule has 1 aromatic rings. The zero-order valence-corrected chi connectivity index (χ0v) is 10.5. The van der Waals surface area contributed by atoms with Gasteiger partial charge >= 0.3 is 5.97 Å². The Bertz CT molecular complexity index is 398. The van der Waals surface area contributed by atoms with Gasteiger partial charge in [-0.25, -0.2) is 8.78 Å². The number of carboxylic acid groups (broad SMARTS) is 1. The Labute approximate surface area is 108 Å². The number of aromatic nitrogens is 2. The zero-order valence-electron chi connectivity index (χ0n) is 10.5. The third-order valence-corrected chi connectivity index (χ3v) is 2.26. The summed E-state index contributed by atoms with van der Waals surface area (Å²) in [5.41, 5.74) is 0. The van der Waals surface area contributed by atoms with Crippen molar-refractivity contribution in [2.24, 2.45) is 5.92 Å². The summed E-state index contributed by atoms with van der Waals surface area (Å²) < 4.78 is 33.5. The Morgan fingerprint density at radius 1 is 1.42 bits per heavy atom. The van der Waals surface area contributed by atoms with Gasteiger partial charge in [-0.1, -0.05) is 6.92 Å². The van der Waals surface area contributed by atoms with Crippen molar-refractivity contribution in [3.05, 3.63) is 11.8 Å². The Balaban J connectivity index is 2.29. The highest BCUT2D eigenvalue weighted by Crippen LogP contribution is 2.11. The summed E-state index contributed by atoms with van der Waals surface area (Å²) in [7, 11) is 0. The second-order valence-electron chi connectivity index (χ2n) is 4.21. The molecule has 1 unspecified atom stereocenters. The fraction of sp³-hybridized carbons (Fsp3) is 0.727. The molecule has 0 aliphatic carbocycles. The maximum Gasteiger partial charge on any atom is 0.303 e. The van der Waals surface area contributed by atoms with Gasteiger partial charge in [0.1, 0.15) is 6.61 Å². The quantitative estimate of drug-likeness (QED) is 0.690. The number of hydrogen-bond acceptors (Lipinski definition) is 5. The van der Waals surface area contributed by atoms with Gasteiger partial charge in [0.2, 0.25) is 11.8 Å². The summed E-state index contributed by atoms with van der Waals surface area (Å²) in [6.07, 6.45) is -1.84. The van der Waals surface area contributed by atoms with Gasteiger partial charge in [-0.15, -0.1) is 10.2 Å². The van der Waals surface area contributed by atoms with E-state index in [4.69, 9.17) is 9.52 Å². The van der Waals surface area contributed by atoms with Gasteiger partial charge in [0.15, 0.2) is 0 Å². The van der Waals surface area contributed by atoms with E-state index < -0.39 is 19.0 Å². The predicted octanol–water partition coefficient (Wildman–Crippen LogP) is 1.55. The zero-order chi connectivity index (χ0) is 14.3. The minimum Gasteiger partial charge on any atom is -0.481 e. The average molecular weight is 278 g/mol. The molecular weight excluding hydrogens is 262 g/mol. The molecular formula is C11H16F2N2O4. The van der Waals surface area contributed by atoms with Gasteiger partial charge in [-0.05, 0) is 5.92 Å². The van der Waals surface area contributed by atoms with E-state index in [9.17, 15) is 13.6 Å². The van der Waals surface area contributed by atoms with E-state index in [2.05, 4.69) is 14.9 Å². The number of carboxylic acids is 1. The smallest absolute Gasteiger partial charge is 0.303 e. The van der Waals surface area contributed by atoms with E-state index in [-0.39, 0.29) is 25.4 Å². The molecule has 0 amide bonds. The van der Waals surface area contributed by atoms with Gasteiger partial charge in [0.05, 0.1) is 6.61 Å². The van der Waals surface area contributed by atoms with Crippen molar-refractivity contribution >= 4 is 5.97 Å². The fourth-order valence-corrected chi connectivity index (χ4v) is 1.47. The van der Waals surface area contributed by atoms with Crippen LogP contribution in [-0.4, -0.2) is 40.9 Å². The fourth-order valence-electron chi connectivity index (χ4n) is 1.47. The third-order valence-electron chi connectivity index (χ3n) is 2.26. The van der Waals surface area contributed by atoms with Crippen molar-refractivity contribution in [1.29, 1.82) is 0 Å². The Kier molecular flexibility index (Phi) is 6.34. The lowest BCUT2D eigenvalue weighted by atomic mass is 10.0. The SMILES string of the molecule is CC(CC(=O)O)Cc1nnc(CCOCC(F)F)o1. The van der Waals surface area contributed by atoms with Crippen molar-refractivity contribution in [1.82, 2.24) is 10.2 Å². The van der Waals surface area contributed by atoms with E-state index in [0.29, 0.717) is 18.2 Å². The van der Waals surface area contributed by atoms with Crippen LogP contribution in [-0.2, 0) is 22.4 Å². The highest BCUT2D eigenvalue weighted by Gasteiger charge is 2.13. The van der Waals surface area contributed by atoms with E-state index in [0.717, 1.165) is 0 Å². The first-order valence-corrected chi connectivity index (χ1v) is 5.86. The molecule has 1 aromatic heterocycles. The Morgan fingerprint density at radius 3 is 2.74 bits per heavy atom. The lowest BCUT2D eigenvalue weighted by molar-refractivity contribution is -0.137. The number of hydrogen-bond donors (Lipinski definition) is 1. The van der Waals surface area contributed by atoms with Gasteiger partial charge in [-0.2, -0.15) is 0 Å². The summed E-state index contributed by atoms with van der Waals surface area (Å²) >= 11 is 0. The first-order chi connectivity index (χ1) is 8.97. The normalized spacial score (nSPS) is 12.8. The topological polar surface area (TPSA) is 85.5 Å². The number of aliphatic carboxylic acids is 1. The van der Waals surface area contributed by atoms with Crippen molar-refractivity contribution in [2.75, 3.05) is 13.2 Å². The number of halogens is 2. The second-order valence-corrected chi connectivity index (χ2v) is 4.21. The molecule has 1 rings (SSSR count). The second kappa shape index (κ2) is 7.78. The molecule has 0 saturated carbocycles. The van der Waals surface area contributed by atoms with Gasteiger partial charge < -0.3 is 14.3 Å². The molecule has 1 heterocycles. The van der Waals surface area contributed by atoms with Crippen LogP contribution in [0.5, 0.6) is 0 Å². The van der Waals surface area contributed by atoms with Crippen molar-refractivity contribution in [3.8, 4) is 0 Å². The molecule has 0 spiro atoms. The number of ether oxygens (including phenoxy) is 1. The maximum atomic E-state index is 11.8. The van der Waals surface area contributed by atoms with E-state index in [1.807, 2.05) is 0 Å². The largest absolute Gasteiger partial charge is 0.481 e. The minimum absolute atomic E-state index is 0.0230. The molecule has 0 aliphatic heterocycles. The first-order valence-electron chi connectivity index (χ1n) is 5.86. The highest BCUT2D eigenvalue weighted by atomic mass is 19.3. The molecule has 0 fully saturated rings. The molecule has 0 saturated heterocycles. The van der Waals surface area contributed by atoms with E-state index in [1.54, 1.807) is 6.92 Å². The van der Waals surface area contributed by atoms with Crippen LogP contribution < -0.4 is 0 Å². The summed E-state index contributed by atoms with van der Waals surface area (Å²) in [4.78, 5) is 10.5. The van der Waals surface area contributed by atoms with Crippen molar-refractivity contribution in [3.63, 3.8) is 0 Å². The third kappa shape index (κ3) is 6.80. The molecule has 0 aliphatic rings. The highest BCUT2D eigenvalue weighted by molar-refractivity contribution is 5.66. The van der Waals surface area contributed by atoms with Crippen LogP contribution in [0.4, 0.5) is 8.78 Å². The number of alkyl halides is 2. The molecule has 1 N–H and O–H groups in total. The van der Waals surface area contributed by atoms with E-state index >= 15 is 0 Å². The van der Waals surface area contributed by atoms with Crippen molar-refractivity contribution in [2.45, 2.75) is 32.6 Å². The molecule has 6 nitrogen and oxygen atoms in total. The van der Waals surface area contributed by atoms with E-state index in [1.165, 1.54) is 0 Å². The van der Waals surface area contributed by atoms with Crippen LogP contribution in [0.3, 0.4) is 0 Å². The Hall–Kier alpha value is -1.57. The summed E-state index contributed by atoms with van der Waals surface area (Å²) in [6.45, 7) is 1.23. The van der Waals surface area contributed by atoms with Crippen LogP contribution in [0.2, 0.25) is 0 Å². The summed E-state index contributed by atoms with van der Waals surface area (Å²) in [5, 5.41) is 16.1. The Morgan fingerprint density at radius 2 is 2.11 bits per heavy atom. The van der Waals surface area contributed by atoms with Gasteiger partial charge in [0, 0.05) is 19.3 Å². The average Bonchev–Trinajstić information content (AvgIpc) is 2.70. The molecule has 0 aromatic carbocycles. The van der Waals surface area contributed by atoms with Crippen LogP contribution >= 0.6 is 0 Å². The monoisotopic (exact) mass is 278 g/mol. The van der Waals surface area contributed by atoms with Crippen LogP contribution in [0.25, 0.3) is 0 Å². The maximum absolute atomic E-state index is 11.8. The van der Waals surface area contributed by atoms with Crippen LogP contribution in [0.1, 0.15) is 25.1 Å². The van der Waals surface area contributed by atoms with Gasteiger partial charge in [0.25, 0.3) is 6.43 Å². The lowest BCUT2D eigenvalue weighted by Crippen LogP contribution is -2.07. The number of carbonyl (C=O) groups is 1. The number of nitrogens with zero attached hydrogens (tertiary/aromatic N) is 2. The first kappa shape index (κ1) is 15.5. The van der Waals surface area contributed by atoms with Gasteiger partial charge in [-0.3, -0.25) is 4.79 Å². The molecule has 19 heavy (non-hydrogen) atoms. The molecule has 0 radical (unpaired) electrons. The van der Waals surface area contributed by atoms with Crippen LogP contribution in [0, 0.1) is 5.92 Å². The summed E-state index contributed by atoms with van der Waals surface area (Å²) in [5.74, 6) is -0.349. The van der Waals surface area contributed by atoms with Crippen molar-refractivity contribution < 1.29 is 27.8 Å². The number of rotatable bonds is 9. The predicted molar refractivity (Wildman–Crippen MR) is 59.9 cm³/mol. The minimum atomic E-state index is -2.49. The lowest BCUT2D eigenvalue weighted by Gasteiger charge is -2.03. The molecule has 0 bridgehead atoms. The summed E-state index contributed by atoms with van der Waals surface area (Å²) in [6, 6.07) is 0. The van der Waals surface area contributed by atoms with Crippen LogP contribution in [0.15, 0.2) is 4.42 Å². The molecule has 108 valence electrons.